The Morgan fingerprint density at radius 3 is 2.44 bits per heavy atom. The van der Waals surface area contributed by atoms with Crippen LogP contribution in [0.5, 0.6) is 0 Å². The molecule has 6 nitrogen and oxygen atoms in total. The predicted molar refractivity (Wildman–Crippen MR) is 94.0 cm³/mol. The zero-order valence-corrected chi connectivity index (χ0v) is 14.3. The van der Waals surface area contributed by atoms with Crippen LogP contribution in [0.25, 0.3) is 12.2 Å². The fraction of sp³-hybridized carbons (Fsp3) is 0.368. The van der Waals surface area contributed by atoms with Gasteiger partial charge in [0.1, 0.15) is 0 Å². The number of benzene rings is 1. The smallest absolute Gasteiger partial charge is 0.330 e. The van der Waals surface area contributed by atoms with E-state index in [1.807, 2.05) is 24.3 Å². The standard InChI is InChI=1S/C19H23NO5/c1-2-23-18(22)13-11-16-8-6-15(7-9-16)10-12-17(21)20-25-19-5-3-4-14-24-19/h6-13,19H,2-5,14H2,1H3,(H,20,21). The molecule has 1 fully saturated rings. The molecule has 0 aliphatic carbocycles. The number of carbonyl (C=O) groups is 2. The summed E-state index contributed by atoms with van der Waals surface area (Å²) in [6.45, 7) is 2.77. The molecule has 0 saturated carbocycles. The molecule has 1 aliphatic rings. The molecule has 6 heteroatoms. The number of rotatable bonds is 7. The van der Waals surface area contributed by atoms with Crippen LogP contribution in [-0.4, -0.2) is 31.4 Å². The largest absolute Gasteiger partial charge is 0.463 e. The van der Waals surface area contributed by atoms with Crippen molar-refractivity contribution in [2.45, 2.75) is 32.5 Å². The zero-order chi connectivity index (χ0) is 17.9. The molecule has 1 N–H and O–H groups in total. The van der Waals surface area contributed by atoms with Gasteiger partial charge in [-0.15, -0.1) is 0 Å². The Hall–Kier alpha value is -2.44. The van der Waals surface area contributed by atoms with Crippen molar-refractivity contribution in [3.8, 4) is 0 Å². The lowest BCUT2D eigenvalue weighted by Crippen LogP contribution is -2.32. The van der Waals surface area contributed by atoms with Crippen LogP contribution in [0.3, 0.4) is 0 Å². The van der Waals surface area contributed by atoms with E-state index in [2.05, 4.69) is 5.48 Å². The highest BCUT2D eigenvalue weighted by molar-refractivity contribution is 5.91. The van der Waals surface area contributed by atoms with E-state index >= 15 is 0 Å². The molecule has 25 heavy (non-hydrogen) atoms. The fourth-order valence-electron chi connectivity index (χ4n) is 2.21. The molecule has 2 rings (SSSR count). The molecule has 0 radical (unpaired) electrons. The van der Waals surface area contributed by atoms with E-state index in [1.165, 1.54) is 12.2 Å². The molecule has 1 heterocycles. The van der Waals surface area contributed by atoms with Crippen LogP contribution < -0.4 is 5.48 Å². The third-order valence-corrected chi connectivity index (χ3v) is 3.49. The highest BCUT2D eigenvalue weighted by Crippen LogP contribution is 2.12. The lowest BCUT2D eigenvalue weighted by molar-refractivity contribution is -0.198. The first-order chi connectivity index (χ1) is 12.2. The van der Waals surface area contributed by atoms with E-state index < -0.39 is 0 Å². The monoisotopic (exact) mass is 345 g/mol. The number of hydrogen-bond donors (Lipinski definition) is 1. The summed E-state index contributed by atoms with van der Waals surface area (Å²) in [5.41, 5.74) is 4.09. The van der Waals surface area contributed by atoms with Gasteiger partial charge in [0.15, 0.2) is 6.29 Å². The van der Waals surface area contributed by atoms with Crippen molar-refractivity contribution in [2.75, 3.05) is 13.2 Å². The van der Waals surface area contributed by atoms with Gasteiger partial charge < -0.3 is 9.47 Å². The first-order valence-electron chi connectivity index (χ1n) is 8.37. The third kappa shape index (κ3) is 7.32. The van der Waals surface area contributed by atoms with Crippen LogP contribution in [-0.2, 0) is 23.9 Å². The summed E-state index contributed by atoms with van der Waals surface area (Å²) in [4.78, 5) is 28.2. The van der Waals surface area contributed by atoms with Crippen LogP contribution in [0.4, 0.5) is 0 Å². The van der Waals surface area contributed by atoms with Gasteiger partial charge in [0.05, 0.1) is 6.61 Å². The molecule has 1 amide bonds. The van der Waals surface area contributed by atoms with Crippen LogP contribution in [0.1, 0.15) is 37.3 Å². The number of esters is 1. The summed E-state index contributed by atoms with van der Waals surface area (Å²) in [5, 5.41) is 0. The third-order valence-electron chi connectivity index (χ3n) is 3.49. The van der Waals surface area contributed by atoms with Crippen molar-refractivity contribution in [2.24, 2.45) is 0 Å². The summed E-state index contributed by atoms with van der Waals surface area (Å²) in [7, 11) is 0. The fourth-order valence-corrected chi connectivity index (χ4v) is 2.21. The van der Waals surface area contributed by atoms with E-state index in [4.69, 9.17) is 14.3 Å². The Morgan fingerprint density at radius 1 is 1.16 bits per heavy atom. The number of amides is 1. The molecule has 1 unspecified atom stereocenters. The minimum Gasteiger partial charge on any atom is -0.463 e. The summed E-state index contributed by atoms with van der Waals surface area (Å²) in [5.74, 6) is -0.717. The van der Waals surface area contributed by atoms with Gasteiger partial charge in [-0.3, -0.25) is 4.79 Å². The average Bonchev–Trinajstić information content (AvgIpc) is 2.65. The second kappa shape index (κ2) is 10.4. The van der Waals surface area contributed by atoms with Crippen LogP contribution >= 0.6 is 0 Å². The summed E-state index contributed by atoms with van der Waals surface area (Å²) in [6.07, 6.45) is 8.61. The Kier molecular flexibility index (Phi) is 7.88. The number of carbonyl (C=O) groups excluding carboxylic acids is 2. The van der Waals surface area contributed by atoms with Gasteiger partial charge in [-0.1, -0.05) is 24.3 Å². The average molecular weight is 345 g/mol. The van der Waals surface area contributed by atoms with Gasteiger partial charge in [-0.05, 0) is 43.0 Å². The molecular formula is C19H23NO5. The number of hydroxylamine groups is 1. The molecule has 0 spiro atoms. The van der Waals surface area contributed by atoms with Gasteiger partial charge in [-0.25, -0.2) is 15.1 Å². The van der Waals surface area contributed by atoms with Crippen LogP contribution in [0.2, 0.25) is 0 Å². The van der Waals surface area contributed by atoms with Gasteiger partial charge in [0, 0.05) is 25.2 Å². The van der Waals surface area contributed by atoms with Crippen molar-refractivity contribution < 1.29 is 23.9 Å². The Morgan fingerprint density at radius 2 is 1.84 bits per heavy atom. The van der Waals surface area contributed by atoms with Crippen molar-refractivity contribution in [1.29, 1.82) is 0 Å². The maximum atomic E-state index is 11.7. The molecule has 1 aliphatic heterocycles. The zero-order valence-electron chi connectivity index (χ0n) is 14.3. The Labute approximate surface area is 147 Å². The van der Waals surface area contributed by atoms with E-state index in [0.717, 1.165) is 30.4 Å². The van der Waals surface area contributed by atoms with Crippen molar-refractivity contribution >= 4 is 24.0 Å². The van der Waals surface area contributed by atoms with E-state index in [9.17, 15) is 9.59 Å². The predicted octanol–water partition coefficient (Wildman–Crippen LogP) is 2.85. The Balaban J connectivity index is 1.78. The SMILES string of the molecule is CCOC(=O)C=Cc1ccc(C=CC(=O)NOC2CCCCO2)cc1. The molecule has 0 bridgehead atoms. The van der Waals surface area contributed by atoms with Crippen LogP contribution in [0, 0.1) is 0 Å². The molecular weight excluding hydrogens is 322 g/mol. The van der Waals surface area contributed by atoms with Crippen molar-refractivity contribution in [3.63, 3.8) is 0 Å². The Bertz CT molecular complexity index is 615. The number of ether oxygens (including phenoxy) is 2. The maximum Gasteiger partial charge on any atom is 0.330 e. The summed E-state index contributed by atoms with van der Waals surface area (Å²) < 4.78 is 10.2. The quantitative estimate of drug-likeness (QED) is 0.467. The van der Waals surface area contributed by atoms with Gasteiger partial charge in [0.25, 0.3) is 5.91 Å². The second-order valence-electron chi connectivity index (χ2n) is 5.47. The van der Waals surface area contributed by atoms with Crippen LogP contribution in [0.15, 0.2) is 36.4 Å². The number of hydrogen-bond acceptors (Lipinski definition) is 5. The molecule has 1 aromatic rings. The summed E-state index contributed by atoms with van der Waals surface area (Å²) >= 11 is 0. The molecule has 134 valence electrons. The molecule has 1 saturated heterocycles. The van der Waals surface area contributed by atoms with Crippen molar-refractivity contribution in [3.05, 3.63) is 47.5 Å². The van der Waals surface area contributed by atoms with Gasteiger partial charge >= 0.3 is 5.97 Å². The molecule has 1 atom stereocenters. The first kappa shape index (κ1) is 18.9. The normalized spacial score (nSPS) is 17.7. The first-order valence-corrected chi connectivity index (χ1v) is 8.37. The van der Waals surface area contributed by atoms with E-state index in [1.54, 1.807) is 19.1 Å². The minimum atomic E-state index is -0.370. The molecule has 0 aromatic heterocycles. The van der Waals surface area contributed by atoms with E-state index in [0.29, 0.717) is 13.2 Å². The van der Waals surface area contributed by atoms with E-state index in [-0.39, 0.29) is 18.2 Å². The highest BCUT2D eigenvalue weighted by Gasteiger charge is 2.14. The second-order valence-corrected chi connectivity index (χ2v) is 5.47. The molecule has 1 aromatic carbocycles. The minimum absolute atomic E-state index is 0.347. The number of nitrogens with one attached hydrogen (secondary N) is 1. The lowest BCUT2D eigenvalue weighted by atomic mass is 10.1. The maximum absolute atomic E-state index is 11.7. The van der Waals surface area contributed by atoms with Gasteiger partial charge in [-0.2, -0.15) is 0 Å². The summed E-state index contributed by atoms with van der Waals surface area (Å²) in [6, 6.07) is 7.39. The van der Waals surface area contributed by atoms with Gasteiger partial charge in [0.2, 0.25) is 0 Å². The lowest BCUT2D eigenvalue weighted by Gasteiger charge is -2.21. The highest BCUT2D eigenvalue weighted by atomic mass is 16.8. The topological polar surface area (TPSA) is 73.9 Å². The van der Waals surface area contributed by atoms with Crippen molar-refractivity contribution in [1.82, 2.24) is 5.48 Å².